The molecule has 1 aromatic heterocycles. The van der Waals surface area contributed by atoms with Gasteiger partial charge in [0.2, 0.25) is 5.16 Å². The average molecular weight is 507 g/mol. The van der Waals surface area contributed by atoms with Crippen LogP contribution in [-0.2, 0) is 4.79 Å². The van der Waals surface area contributed by atoms with Gasteiger partial charge in [0.05, 0.1) is 23.2 Å². The zero-order chi connectivity index (χ0) is 25.0. The third-order valence-electron chi connectivity index (χ3n) is 6.81. The number of nitrogens with zero attached hydrogens (tertiary/aromatic N) is 6. The smallest absolute Gasteiger partial charge is 0.253 e. The Balaban J connectivity index is 1.29. The van der Waals surface area contributed by atoms with Gasteiger partial charge in [-0.25, -0.2) is 5.01 Å². The van der Waals surface area contributed by atoms with Crippen molar-refractivity contribution in [3.63, 3.8) is 0 Å². The molecule has 1 aliphatic heterocycles. The lowest BCUT2D eigenvalue weighted by Gasteiger charge is -2.29. The first-order valence-electron chi connectivity index (χ1n) is 12.5. The molecule has 1 fully saturated rings. The molecule has 2 heterocycles. The predicted molar refractivity (Wildman–Crippen MR) is 145 cm³/mol. The summed E-state index contributed by atoms with van der Waals surface area (Å²) >= 11 is 1.33. The number of hydrogen-bond donors (Lipinski definition) is 0. The Morgan fingerprint density at radius 1 is 0.946 bits per heavy atom. The summed E-state index contributed by atoms with van der Waals surface area (Å²) in [4.78, 5) is 13.7. The zero-order valence-electron chi connectivity index (χ0n) is 20.2. The van der Waals surface area contributed by atoms with Gasteiger partial charge in [-0.2, -0.15) is 9.78 Å². The van der Waals surface area contributed by atoms with Gasteiger partial charge in [-0.15, -0.1) is 5.10 Å². The molecule has 8 heteroatoms. The van der Waals surface area contributed by atoms with Crippen LogP contribution in [-0.4, -0.2) is 42.6 Å². The maximum atomic E-state index is 13.7. The monoisotopic (exact) mass is 506 g/mol. The van der Waals surface area contributed by atoms with Crippen LogP contribution in [0.25, 0.3) is 11.8 Å². The molecule has 3 aromatic carbocycles. The van der Waals surface area contributed by atoms with Crippen molar-refractivity contribution in [1.29, 1.82) is 0 Å². The third-order valence-corrected chi connectivity index (χ3v) is 7.71. The highest BCUT2D eigenvalue weighted by Crippen LogP contribution is 2.44. The van der Waals surface area contributed by atoms with E-state index in [1.165, 1.54) is 17.3 Å². The second kappa shape index (κ2) is 10.5. The van der Waals surface area contributed by atoms with Gasteiger partial charge >= 0.3 is 0 Å². The molecule has 1 amide bonds. The molecule has 0 bridgehead atoms. The number of carbonyl (C=O) groups excluding carboxylic acids is 1. The Morgan fingerprint density at radius 2 is 1.65 bits per heavy atom. The average Bonchev–Trinajstić information content (AvgIpc) is 3.59. The number of hydrazone groups is 1. The molecule has 1 saturated carbocycles. The Labute approximate surface area is 219 Å². The fraction of sp³-hybridized carbons (Fsp3) is 0.207. The number of allylic oxidation sites excluding steroid dienone is 1. The lowest BCUT2D eigenvalue weighted by atomic mass is 9.77. The summed E-state index contributed by atoms with van der Waals surface area (Å²) in [6.45, 7) is 0. The van der Waals surface area contributed by atoms with Crippen molar-refractivity contribution in [3.05, 3.63) is 108 Å². The lowest BCUT2D eigenvalue weighted by Crippen LogP contribution is -2.32. The van der Waals surface area contributed by atoms with Crippen molar-refractivity contribution in [2.75, 3.05) is 5.75 Å². The molecule has 184 valence electrons. The molecule has 0 N–H and O–H groups in total. The van der Waals surface area contributed by atoms with Crippen LogP contribution in [0.1, 0.15) is 36.4 Å². The van der Waals surface area contributed by atoms with Gasteiger partial charge in [-0.05, 0) is 64.6 Å². The van der Waals surface area contributed by atoms with Gasteiger partial charge < -0.3 is 0 Å². The maximum Gasteiger partial charge on any atom is 0.253 e. The minimum atomic E-state index is -0.117. The molecule has 2 atom stereocenters. The molecule has 0 radical (unpaired) electrons. The van der Waals surface area contributed by atoms with Crippen LogP contribution in [0, 0.1) is 5.92 Å². The zero-order valence-corrected chi connectivity index (χ0v) is 21.0. The van der Waals surface area contributed by atoms with Crippen molar-refractivity contribution in [2.45, 2.75) is 30.5 Å². The van der Waals surface area contributed by atoms with E-state index in [0.29, 0.717) is 5.16 Å². The minimum absolute atomic E-state index is 0.0533. The standard InChI is InChI=1S/C29H26N6OS/c36-26(20-37-29-30-32-33-34(29)24-16-8-3-9-17-24)35-28(22-13-6-2-7-14-22)25-18-10-15-23(27(25)31-35)19-21-11-4-1-5-12-21/h1-9,11-14,16-17,19,25,28H,10,15,18,20H2/b23-19-. The molecule has 2 aliphatic rings. The van der Waals surface area contributed by atoms with E-state index in [1.807, 2.05) is 66.7 Å². The molecule has 4 aromatic rings. The SMILES string of the molecule is O=C(CSc1nnnn1-c1ccccc1)N1N=C2/C(=C\c3ccccc3)CCCC2C1c1ccccc1. The number of amides is 1. The predicted octanol–water partition coefficient (Wildman–Crippen LogP) is 5.58. The number of benzene rings is 3. The number of aromatic nitrogens is 4. The van der Waals surface area contributed by atoms with Crippen molar-refractivity contribution < 1.29 is 4.79 Å². The summed E-state index contributed by atoms with van der Waals surface area (Å²) in [7, 11) is 0. The number of hydrogen-bond acceptors (Lipinski definition) is 6. The van der Waals surface area contributed by atoms with Crippen molar-refractivity contribution >= 4 is 29.5 Å². The second-order valence-corrected chi connectivity index (χ2v) is 10.1. The van der Waals surface area contributed by atoms with Gasteiger partial charge in [0.1, 0.15) is 0 Å². The van der Waals surface area contributed by atoms with Crippen LogP contribution >= 0.6 is 11.8 Å². The molecular weight excluding hydrogens is 480 g/mol. The number of fused-ring (bicyclic) bond motifs is 1. The van der Waals surface area contributed by atoms with Crippen LogP contribution < -0.4 is 0 Å². The van der Waals surface area contributed by atoms with Gasteiger partial charge in [0.15, 0.2) is 0 Å². The van der Waals surface area contributed by atoms with E-state index in [4.69, 9.17) is 5.10 Å². The molecule has 1 aliphatic carbocycles. The summed E-state index contributed by atoms with van der Waals surface area (Å²) in [5.41, 5.74) is 5.38. The van der Waals surface area contributed by atoms with Crippen molar-refractivity contribution in [3.8, 4) is 5.69 Å². The van der Waals surface area contributed by atoms with Crippen LogP contribution in [0.2, 0.25) is 0 Å². The fourth-order valence-corrected chi connectivity index (χ4v) is 5.88. The normalized spacial score (nSPS) is 20.1. The molecule has 7 nitrogen and oxygen atoms in total. The fourth-order valence-electron chi connectivity index (χ4n) is 5.13. The van der Waals surface area contributed by atoms with Crippen LogP contribution in [0.5, 0.6) is 0 Å². The van der Waals surface area contributed by atoms with E-state index in [0.717, 1.165) is 41.8 Å². The third kappa shape index (κ3) is 4.84. The van der Waals surface area contributed by atoms with Crippen molar-refractivity contribution in [1.82, 2.24) is 25.2 Å². The second-order valence-electron chi connectivity index (χ2n) is 9.16. The first-order valence-corrected chi connectivity index (χ1v) is 13.4. The number of para-hydroxylation sites is 1. The summed E-state index contributed by atoms with van der Waals surface area (Å²) in [5.74, 6) is 0.315. The molecule has 37 heavy (non-hydrogen) atoms. The maximum absolute atomic E-state index is 13.7. The van der Waals surface area contributed by atoms with Gasteiger partial charge in [-0.1, -0.05) is 90.6 Å². The number of thioether (sulfide) groups is 1. The first kappa shape index (κ1) is 23.4. The molecule has 6 rings (SSSR count). The van der Waals surface area contributed by atoms with E-state index >= 15 is 0 Å². The van der Waals surface area contributed by atoms with Gasteiger partial charge in [0.25, 0.3) is 5.91 Å². The Kier molecular flexibility index (Phi) is 6.64. The Hall–Kier alpha value is -4.04. The van der Waals surface area contributed by atoms with Gasteiger partial charge in [-0.3, -0.25) is 4.79 Å². The summed E-state index contributed by atoms with van der Waals surface area (Å²) in [6.07, 6.45) is 5.28. The minimum Gasteiger partial charge on any atom is -0.272 e. The topological polar surface area (TPSA) is 76.3 Å². The van der Waals surface area contributed by atoms with Crippen LogP contribution in [0.15, 0.2) is 107 Å². The molecule has 2 unspecified atom stereocenters. The highest BCUT2D eigenvalue weighted by Gasteiger charge is 2.43. The Bertz CT molecular complexity index is 1440. The van der Waals surface area contributed by atoms with Crippen LogP contribution in [0.4, 0.5) is 0 Å². The quantitative estimate of drug-likeness (QED) is 0.319. The lowest BCUT2D eigenvalue weighted by molar-refractivity contribution is -0.130. The molecule has 0 saturated heterocycles. The number of carbonyl (C=O) groups is 1. The van der Waals surface area contributed by atoms with E-state index in [9.17, 15) is 4.79 Å². The van der Waals surface area contributed by atoms with Crippen LogP contribution in [0.3, 0.4) is 0 Å². The first-order chi connectivity index (χ1) is 18.3. The van der Waals surface area contributed by atoms with E-state index in [-0.39, 0.29) is 23.6 Å². The molecular formula is C29H26N6OS. The number of tetrazole rings is 1. The molecule has 0 spiro atoms. The number of rotatable bonds is 6. The largest absolute Gasteiger partial charge is 0.272 e. The van der Waals surface area contributed by atoms with E-state index < -0.39 is 0 Å². The Morgan fingerprint density at radius 3 is 2.41 bits per heavy atom. The van der Waals surface area contributed by atoms with E-state index in [1.54, 1.807) is 9.69 Å². The van der Waals surface area contributed by atoms with Crippen molar-refractivity contribution in [2.24, 2.45) is 11.0 Å². The summed E-state index contributed by atoms with van der Waals surface area (Å²) in [6, 6.07) is 30.2. The highest BCUT2D eigenvalue weighted by atomic mass is 32.2. The van der Waals surface area contributed by atoms with Gasteiger partial charge in [0, 0.05) is 5.92 Å². The summed E-state index contributed by atoms with van der Waals surface area (Å²) in [5, 5.41) is 19.4. The van der Waals surface area contributed by atoms with E-state index in [2.05, 4.69) is 45.9 Å². The summed E-state index contributed by atoms with van der Waals surface area (Å²) < 4.78 is 1.66. The highest BCUT2D eigenvalue weighted by molar-refractivity contribution is 7.99.